The van der Waals surface area contributed by atoms with Crippen LogP contribution in [0.25, 0.3) is 0 Å². The van der Waals surface area contributed by atoms with Gasteiger partial charge in [-0.2, -0.15) is 0 Å². The van der Waals surface area contributed by atoms with Crippen molar-refractivity contribution in [2.24, 2.45) is 17.4 Å². The van der Waals surface area contributed by atoms with Gasteiger partial charge in [0.1, 0.15) is 18.1 Å². The number of aromatic nitrogens is 2. The maximum absolute atomic E-state index is 13.2. The zero-order valence-corrected chi connectivity index (χ0v) is 20.5. The number of nitrogens with one attached hydrogen (secondary N) is 4. The van der Waals surface area contributed by atoms with Crippen molar-refractivity contribution in [2.75, 3.05) is 6.54 Å². The summed E-state index contributed by atoms with van der Waals surface area (Å²) in [6.07, 6.45) is 3.86. The summed E-state index contributed by atoms with van der Waals surface area (Å²) in [5.41, 5.74) is 12.0. The molecule has 3 amide bonds. The molecule has 10 N–H and O–H groups in total. The normalized spacial score (nSPS) is 15.1. The van der Waals surface area contributed by atoms with Gasteiger partial charge in [0.2, 0.25) is 17.7 Å². The first-order chi connectivity index (χ1) is 17.0. The van der Waals surface area contributed by atoms with Gasteiger partial charge in [0.15, 0.2) is 0 Å². The molecule has 0 fully saturated rings. The van der Waals surface area contributed by atoms with Gasteiger partial charge in [-0.05, 0) is 31.7 Å². The number of imidazole rings is 1. The summed E-state index contributed by atoms with van der Waals surface area (Å²) >= 11 is 0. The summed E-state index contributed by atoms with van der Waals surface area (Å²) in [5.74, 6) is -5.19. The Bertz CT molecular complexity index is 878. The average molecular weight is 512 g/mol. The highest BCUT2D eigenvalue weighted by atomic mass is 16.4. The van der Waals surface area contributed by atoms with E-state index in [4.69, 9.17) is 16.6 Å². The molecular weight excluding hydrogens is 474 g/mol. The summed E-state index contributed by atoms with van der Waals surface area (Å²) < 4.78 is 0. The van der Waals surface area contributed by atoms with E-state index in [1.807, 2.05) is 13.8 Å². The Balaban J connectivity index is 3.08. The van der Waals surface area contributed by atoms with Gasteiger partial charge in [-0.1, -0.05) is 20.3 Å². The summed E-state index contributed by atoms with van der Waals surface area (Å²) in [5, 5.41) is 25.5. The third-order valence-corrected chi connectivity index (χ3v) is 5.74. The van der Waals surface area contributed by atoms with E-state index in [-0.39, 0.29) is 18.8 Å². The molecule has 14 heteroatoms. The van der Waals surface area contributed by atoms with Crippen LogP contribution in [0.15, 0.2) is 12.5 Å². The van der Waals surface area contributed by atoms with Crippen LogP contribution >= 0.6 is 0 Å². The number of unbranched alkanes of at least 4 members (excludes halogenated alkanes) is 1. The molecule has 1 heterocycles. The Labute approximate surface area is 209 Å². The van der Waals surface area contributed by atoms with Gasteiger partial charge in [0.05, 0.1) is 18.8 Å². The molecule has 5 atom stereocenters. The van der Waals surface area contributed by atoms with Crippen molar-refractivity contribution in [1.82, 2.24) is 25.9 Å². The fraction of sp³-hybridized carbons (Fsp3) is 0.636. The molecule has 0 aliphatic heterocycles. The molecule has 0 aromatic carbocycles. The summed E-state index contributed by atoms with van der Waals surface area (Å²) in [6, 6.07) is -4.85. The minimum Gasteiger partial charge on any atom is -0.481 e. The van der Waals surface area contributed by atoms with Crippen molar-refractivity contribution in [1.29, 1.82) is 0 Å². The fourth-order valence-corrected chi connectivity index (χ4v) is 3.29. The quantitative estimate of drug-likeness (QED) is 0.112. The lowest BCUT2D eigenvalue weighted by atomic mass is 9.98. The topological polar surface area (TPSA) is 243 Å². The molecule has 0 saturated carbocycles. The number of hydrogen-bond donors (Lipinski definition) is 8. The van der Waals surface area contributed by atoms with Crippen LogP contribution in [0.3, 0.4) is 0 Å². The lowest BCUT2D eigenvalue weighted by Crippen LogP contribution is -2.58. The fourth-order valence-electron chi connectivity index (χ4n) is 3.29. The van der Waals surface area contributed by atoms with Crippen LogP contribution in [-0.2, 0) is 30.4 Å². The van der Waals surface area contributed by atoms with Gasteiger partial charge in [-0.15, -0.1) is 0 Å². The van der Waals surface area contributed by atoms with E-state index >= 15 is 0 Å². The second-order valence-electron chi connectivity index (χ2n) is 8.60. The summed E-state index contributed by atoms with van der Waals surface area (Å²) in [7, 11) is 0. The minimum atomic E-state index is -1.70. The molecule has 0 saturated heterocycles. The zero-order valence-electron chi connectivity index (χ0n) is 20.5. The van der Waals surface area contributed by atoms with Crippen LogP contribution in [0.5, 0.6) is 0 Å². The Morgan fingerprint density at radius 3 is 2.14 bits per heavy atom. The molecule has 0 radical (unpaired) electrons. The maximum Gasteiger partial charge on any atom is 0.326 e. The van der Waals surface area contributed by atoms with Crippen molar-refractivity contribution in [3.63, 3.8) is 0 Å². The smallest absolute Gasteiger partial charge is 0.326 e. The van der Waals surface area contributed by atoms with Gasteiger partial charge >= 0.3 is 11.9 Å². The van der Waals surface area contributed by atoms with E-state index < -0.39 is 60.2 Å². The number of rotatable bonds is 17. The molecule has 0 spiro atoms. The van der Waals surface area contributed by atoms with Crippen LogP contribution < -0.4 is 27.4 Å². The molecule has 202 valence electrons. The molecule has 1 aromatic rings. The minimum absolute atomic E-state index is 0.0904. The molecule has 14 nitrogen and oxygen atoms in total. The molecule has 0 bridgehead atoms. The van der Waals surface area contributed by atoms with Crippen molar-refractivity contribution < 1.29 is 34.2 Å². The number of aliphatic carboxylic acids is 2. The largest absolute Gasteiger partial charge is 0.481 e. The molecule has 1 aromatic heterocycles. The van der Waals surface area contributed by atoms with Crippen LogP contribution in [-0.4, -0.2) is 80.6 Å². The zero-order chi connectivity index (χ0) is 27.3. The van der Waals surface area contributed by atoms with Crippen molar-refractivity contribution >= 4 is 29.7 Å². The Kier molecular flexibility index (Phi) is 13.1. The highest BCUT2D eigenvalue weighted by Gasteiger charge is 2.32. The van der Waals surface area contributed by atoms with Gasteiger partial charge in [-0.3, -0.25) is 19.2 Å². The standard InChI is InChI=1S/C22H37N7O7/c1-3-12(2)18(24)21(34)27-14(6-4-5-7-23)19(32)28-15(8-13-10-25-11-26-13)20(33)29-16(22(35)36)9-17(30)31/h10-12,14-16,18H,3-9,23-24H2,1-2H3,(H,25,26)(H,27,34)(H,28,32)(H,29,33)(H,30,31)(H,35,36). The first-order valence-corrected chi connectivity index (χ1v) is 11.8. The number of amides is 3. The number of nitrogens with two attached hydrogens (primary N) is 2. The van der Waals surface area contributed by atoms with E-state index in [2.05, 4.69) is 25.9 Å². The number of carboxylic acids is 2. The van der Waals surface area contributed by atoms with Gasteiger partial charge < -0.3 is 42.6 Å². The van der Waals surface area contributed by atoms with E-state index in [9.17, 15) is 29.1 Å². The highest BCUT2D eigenvalue weighted by Crippen LogP contribution is 2.09. The second kappa shape index (κ2) is 15.5. The van der Waals surface area contributed by atoms with E-state index in [1.165, 1.54) is 12.5 Å². The van der Waals surface area contributed by atoms with E-state index in [0.29, 0.717) is 31.5 Å². The number of hydrogen-bond acceptors (Lipinski definition) is 8. The Morgan fingerprint density at radius 2 is 1.61 bits per heavy atom. The van der Waals surface area contributed by atoms with Gasteiger partial charge in [0.25, 0.3) is 0 Å². The van der Waals surface area contributed by atoms with Crippen LogP contribution in [0.4, 0.5) is 0 Å². The molecule has 36 heavy (non-hydrogen) atoms. The van der Waals surface area contributed by atoms with Gasteiger partial charge in [0, 0.05) is 18.3 Å². The average Bonchev–Trinajstić information content (AvgIpc) is 3.34. The van der Waals surface area contributed by atoms with E-state index in [0.717, 1.165) is 0 Å². The maximum atomic E-state index is 13.2. The molecule has 1 rings (SSSR count). The van der Waals surface area contributed by atoms with Crippen molar-refractivity contribution in [2.45, 2.75) is 76.5 Å². The van der Waals surface area contributed by atoms with Gasteiger partial charge in [-0.25, -0.2) is 9.78 Å². The number of H-pyrrole nitrogens is 1. The van der Waals surface area contributed by atoms with Crippen molar-refractivity contribution in [3.8, 4) is 0 Å². The number of carbonyl (C=O) groups excluding carboxylic acids is 3. The first kappa shape index (κ1) is 30.5. The van der Waals surface area contributed by atoms with Crippen LogP contribution in [0.2, 0.25) is 0 Å². The van der Waals surface area contributed by atoms with E-state index in [1.54, 1.807) is 0 Å². The number of carboxylic acid groups (broad SMARTS) is 2. The molecule has 0 aliphatic rings. The number of aromatic amines is 1. The van der Waals surface area contributed by atoms with Crippen LogP contribution in [0.1, 0.15) is 51.6 Å². The summed E-state index contributed by atoms with van der Waals surface area (Å²) in [4.78, 5) is 67.7. The third-order valence-electron chi connectivity index (χ3n) is 5.74. The Morgan fingerprint density at radius 1 is 1.00 bits per heavy atom. The number of carbonyl (C=O) groups is 5. The molecule has 0 aliphatic carbocycles. The monoisotopic (exact) mass is 511 g/mol. The SMILES string of the molecule is CCC(C)C(N)C(=O)NC(CCCCN)C(=O)NC(Cc1cnc[nH]1)C(=O)NC(CC(=O)O)C(=O)O. The lowest BCUT2D eigenvalue weighted by Gasteiger charge is -2.26. The first-order valence-electron chi connectivity index (χ1n) is 11.8. The predicted molar refractivity (Wildman–Crippen MR) is 128 cm³/mol. The molecule has 5 unspecified atom stereocenters. The lowest BCUT2D eigenvalue weighted by molar-refractivity contribution is -0.147. The predicted octanol–water partition coefficient (Wildman–Crippen LogP) is -1.53. The Hall–Kier alpha value is -3.52. The third kappa shape index (κ3) is 10.4. The summed E-state index contributed by atoms with van der Waals surface area (Å²) in [6.45, 7) is 4.09. The number of nitrogens with zero attached hydrogens (tertiary/aromatic N) is 1. The van der Waals surface area contributed by atoms with Crippen molar-refractivity contribution in [3.05, 3.63) is 18.2 Å². The molecular formula is C22H37N7O7. The second-order valence-corrected chi connectivity index (χ2v) is 8.60. The highest BCUT2D eigenvalue weighted by molar-refractivity contribution is 5.94. The van der Waals surface area contributed by atoms with Crippen LogP contribution in [0, 0.1) is 5.92 Å².